The van der Waals surface area contributed by atoms with Gasteiger partial charge in [0.2, 0.25) is 0 Å². The molecule has 13 nitrogen and oxygen atoms in total. The van der Waals surface area contributed by atoms with Crippen LogP contribution in [0.5, 0.6) is 0 Å². The van der Waals surface area contributed by atoms with Crippen molar-refractivity contribution in [3.63, 3.8) is 0 Å². The first kappa shape index (κ1) is 29.3. The monoisotopic (exact) mass is 646 g/mol. The molecule has 2 N–H and O–H groups in total. The Hall–Kier alpha value is -4.85. The van der Waals surface area contributed by atoms with Crippen LogP contribution in [-0.2, 0) is 30.7 Å². The standard InChI is InChI=1S/C35H38N10O3/c46-20-27-26(7-8-36-33(27)44-16-15-43-30-4-2-1-3-23(30)17-31(43)35(44)47)28-18-29(34-37-9-10-45(34)40-28)39-32-6-5-24(19-38-32)41-11-13-42(14-12-41)25-21-48-22-25/h5-10,17-19,25,46H,1-4,11-16,20-22H2,(H,38,39). The number of aryl methyl sites for hydroxylation is 1. The molecule has 0 radical (unpaired) electrons. The van der Waals surface area contributed by atoms with Crippen LogP contribution >= 0.6 is 0 Å². The number of aliphatic hydroxyl groups excluding tert-OH is 1. The van der Waals surface area contributed by atoms with Crippen molar-refractivity contribution >= 4 is 34.6 Å². The molecule has 246 valence electrons. The Morgan fingerprint density at radius 2 is 1.81 bits per heavy atom. The fraction of sp³-hybridized carbons (Fsp3) is 0.400. The maximum absolute atomic E-state index is 13.9. The highest BCUT2D eigenvalue weighted by Crippen LogP contribution is 2.35. The van der Waals surface area contributed by atoms with Gasteiger partial charge in [-0.2, -0.15) is 5.10 Å². The number of carbonyl (C=O) groups is 1. The number of nitrogens with one attached hydrogen (secondary N) is 1. The lowest BCUT2D eigenvalue weighted by molar-refractivity contribution is -0.0660. The number of fused-ring (bicyclic) bond motifs is 4. The number of carbonyl (C=O) groups excluding carboxylic acids is 1. The summed E-state index contributed by atoms with van der Waals surface area (Å²) in [7, 11) is 0. The van der Waals surface area contributed by atoms with Crippen molar-refractivity contribution in [2.24, 2.45) is 0 Å². The second-order valence-electron chi connectivity index (χ2n) is 13.0. The van der Waals surface area contributed by atoms with E-state index in [0.717, 1.165) is 76.5 Å². The van der Waals surface area contributed by atoms with E-state index in [4.69, 9.17) is 14.8 Å². The number of rotatable bonds is 7. The van der Waals surface area contributed by atoms with E-state index >= 15 is 0 Å². The molecule has 5 aromatic heterocycles. The summed E-state index contributed by atoms with van der Waals surface area (Å²) < 4.78 is 9.27. The maximum atomic E-state index is 13.9. The summed E-state index contributed by atoms with van der Waals surface area (Å²) in [6.45, 7) is 6.58. The topological polar surface area (TPSA) is 129 Å². The summed E-state index contributed by atoms with van der Waals surface area (Å²) >= 11 is 0. The Labute approximate surface area is 277 Å². The summed E-state index contributed by atoms with van der Waals surface area (Å²) in [4.78, 5) is 34.4. The van der Waals surface area contributed by atoms with Gasteiger partial charge in [0.05, 0.1) is 49.1 Å². The predicted molar refractivity (Wildman–Crippen MR) is 181 cm³/mol. The van der Waals surface area contributed by atoms with E-state index in [1.54, 1.807) is 28.0 Å². The van der Waals surface area contributed by atoms with Crippen molar-refractivity contribution in [2.45, 2.75) is 44.9 Å². The number of piperazine rings is 1. The van der Waals surface area contributed by atoms with Gasteiger partial charge in [-0.15, -0.1) is 0 Å². The number of amides is 1. The van der Waals surface area contributed by atoms with Crippen molar-refractivity contribution in [2.75, 3.05) is 61.1 Å². The predicted octanol–water partition coefficient (Wildman–Crippen LogP) is 3.28. The molecule has 0 atom stereocenters. The van der Waals surface area contributed by atoms with Crippen molar-refractivity contribution < 1.29 is 14.6 Å². The molecule has 0 bridgehead atoms. The number of pyridine rings is 2. The number of hydrogen-bond donors (Lipinski definition) is 2. The summed E-state index contributed by atoms with van der Waals surface area (Å²) in [6.07, 6.45) is 11.5. The molecule has 0 spiro atoms. The van der Waals surface area contributed by atoms with Crippen LogP contribution in [0.25, 0.3) is 16.9 Å². The molecule has 0 unspecified atom stereocenters. The molecule has 9 rings (SSSR count). The molecule has 48 heavy (non-hydrogen) atoms. The van der Waals surface area contributed by atoms with Gasteiger partial charge < -0.3 is 24.6 Å². The van der Waals surface area contributed by atoms with E-state index in [1.165, 1.54) is 11.3 Å². The number of imidazole rings is 1. The molecule has 8 heterocycles. The first-order valence-electron chi connectivity index (χ1n) is 16.9. The molecular weight excluding hydrogens is 608 g/mol. The normalized spacial score (nSPS) is 18.6. The van der Waals surface area contributed by atoms with Crippen molar-refractivity contribution in [3.05, 3.63) is 77.6 Å². The molecule has 3 aliphatic heterocycles. The first-order chi connectivity index (χ1) is 23.6. The summed E-state index contributed by atoms with van der Waals surface area (Å²) in [5, 5.41) is 19.0. The molecule has 1 aliphatic carbocycles. The maximum Gasteiger partial charge on any atom is 0.276 e. The number of nitrogens with zero attached hydrogens (tertiary/aromatic N) is 9. The van der Waals surface area contributed by atoms with Crippen LogP contribution < -0.4 is 15.1 Å². The van der Waals surface area contributed by atoms with E-state index in [2.05, 4.69) is 41.8 Å². The lowest BCUT2D eigenvalue weighted by atomic mass is 9.98. The fourth-order valence-corrected chi connectivity index (χ4v) is 7.65. The number of hydrogen-bond acceptors (Lipinski definition) is 10. The molecule has 2 saturated heterocycles. The van der Waals surface area contributed by atoms with Gasteiger partial charge in [0.25, 0.3) is 5.91 Å². The zero-order valence-corrected chi connectivity index (χ0v) is 26.8. The second-order valence-corrected chi connectivity index (χ2v) is 13.0. The van der Waals surface area contributed by atoms with Gasteiger partial charge in [-0.1, -0.05) is 0 Å². The first-order valence-corrected chi connectivity index (χ1v) is 16.9. The third kappa shape index (κ3) is 5.00. The van der Waals surface area contributed by atoms with Crippen molar-refractivity contribution in [1.82, 2.24) is 34.0 Å². The Morgan fingerprint density at radius 3 is 2.60 bits per heavy atom. The lowest BCUT2D eigenvalue weighted by Gasteiger charge is -2.43. The summed E-state index contributed by atoms with van der Waals surface area (Å²) in [5.41, 5.74) is 7.64. The molecule has 4 aliphatic rings. The summed E-state index contributed by atoms with van der Waals surface area (Å²) in [6, 6.07) is 10.5. The Bertz CT molecular complexity index is 1990. The van der Waals surface area contributed by atoms with Gasteiger partial charge in [0.15, 0.2) is 5.65 Å². The molecule has 2 fully saturated rings. The van der Waals surface area contributed by atoms with E-state index in [-0.39, 0.29) is 12.5 Å². The second kappa shape index (κ2) is 12.0. The van der Waals surface area contributed by atoms with Gasteiger partial charge in [-0.05, 0) is 61.6 Å². The number of ether oxygens (including phenoxy) is 1. The lowest BCUT2D eigenvalue weighted by Crippen LogP contribution is -2.56. The molecule has 0 aromatic carbocycles. The van der Waals surface area contributed by atoms with E-state index in [1.807, 2.05) is 24.4 Å². The minimum atomic E-state index is -0.294. The van der Waals surface area contributed by atoms with Crippen LogP contribution in [0, 0.1) is 0 Å². The smallest absolute Gasteiger partial charge is 0.276 e. The molecule has 1 amide bonds. The molecule has 0 saturated carbocycles. The van der Waals surface area contributed by atoms with Crippen LogP contribution in [0.3, 0.4) is 0 Å². The van der Waals surface area contributed by atoms with Crippen LogP contribution in [0.2, 0.25) is 0 Å². The van der Waals surface area contributed by atoms with E-state index < -0.39 is 0 Å². The van der Waals surface area contributed by atoms with Gasteiger partial charge in [-0.25, -0.2) is 19.5 Å². The third-order valence-electron chi connectivity index (χ3n) is 10.3. The SMILES string of the molecule is O=C1c2cc3c(n2CCN1c1nccc(-c2cc(Nc4ccc(N5CCN(C6COC6)CC5)cn4)c4nccn4n2)c1CO)CCCC3. The van der Waals surface area contributed by atoms with Gasteiger partial charge in [0, 0.05) is 74.7 Å². The Kier molecular flexibility index (Phi) is 7.32. The van der Waals surface area contributed by atoms with E-state index in [0.29, 0.717) is 58.9 Å². The van der Waals surface area contributed by atoms with Crippen molar-refractivity contribution in [3.8, 4) is 11.3 Å². The fourth-order valence-electron chi connectivity index (χ4n) is 7.65. The minimum Gasteiger partial charge on any atom is -0.392 e. The third-order valence-corrected chi connectivity index (χ3v) is 10.3. The van der Waals surface area contributed by atoms with E-state index in [9.17, 15) is 9.90 Å². The average Bonchev–Trinajstić information content (AvgIpc) is 3.74. The van der Waals surface area contributed by atoms with Gasteiger partial charge in [-0.3, -0.25) is 14.6 Å². The highest BCUT2D eigenvalue weighted by molar-refractivity contribution is 6.06. The number of anilines is 4. The number of aromatic nitrogens is 6. The van der Waals surface area contributed by atoms with Gasteiger partial charge in [0.1, 0.15) is 17.3 Å². The van der Waals surface area contributed by atoms with Gasteiger partial charge >= 0.3 is 0 Å². The van der Waals surface area contributed by atoms with Crippen LogP contribution in [0.4, 0.5) is 23.0 Å². The zero-order chi connectivity index (χ0) is 32.2. The Morgan fingerprint density at radius 1 is 0.938 bits per heavy atom. The zero-order valence-electron chi connectivity index (χ0n) is 26.8. The summed E-state index contributed by atoms with van der Waals surface area (Å²) in [5.74, 6) is 1.07. The average molecular weight is 647 g/mol. The Balaban J connectivity index is 0.987. The quantitative estimate of drug-likeness (QED) is 0.272. The number of aliphatic hydroxyl groups is 1. The molecule has 13 heteroatoms. The largest absolute Gasteiger partial charge is 0.392 e. The van der Waals surface area contributed by atoms with Crippen molar-refractivity contribution in [1.29, 1.82) is 0 Å². The molecule has 5 aromatic rings. The van der Waals surface area contributed by atoms with Crippen LogP contribution in [-0.4, -0.2) is 97.0 Å². The molecular formula is C35H38N10O3. The highest BCUT2D eigenvalue weighted by Gasteiger charge is 2.33. The minimum absolute atomic E-state index is 0.0836. The van der Waals surface area contributed by atoms with Crippen LogP contribution in [0.1, 0.15) is 40.2 Å². The van der Waals surface area contributed by atoms with Crippen LogP contribution in [0.15, 0.2) is 55.1 Å². The highest BCUT2D eigenvalue weighted by atomic mass is 16.5.